The van der Waals surface area contributed by atoms with Crippen molar-refractivity contribution < 1.29 is 9.53 Å². The molecule has 17 heavy (non-hydrogen) atoms. The molecule has 0 saturated heterocycles. The Morgan fingerprint density at radius 3 is 2.94 bits per heavy atom. The smallest absolute Gasteiger partial charge is 0.251 e. The van der Waals surface area contributed by atoms with Crippen LogP contribution in [0.15, 0.2) is 24.8 Å². The van der Waals surface area contributed by atoms with Gasteiger partial charge in [0.05, 0.1) is 6.61 Å². The number of amides is 1. The van der Waals surface area contributed by atoms with Gasteiger partial charge < -0.3 is 10.1 Å². The zero-order valence-electron chi connectivity index (χ0n) is 10.2. The predicted molar refractivity (Wildman–Crippen MR) is 68.2 cm³/mol. The Hall–Kier alpha value is -1.77. The highest BCUT2D eigenvalue weighted by atomic mass is 16.5. The van der Waals surface area contributed by atoms with Crippen LogP contribution in [0.4, 0.5) is 0 Å². The third kappa shape index (κ3) is 2.49. The van der Waals surface area contributed by atoms with E-state index in [1.54, 1.807) is 6.07 Å². The van der Waals surface area contributed by atoms with Gasteiger partial charge in [-0.25, -0.2) is 0 Å². The minimum Gasteiger partial charge on any atom is -0.493 e. The molecule has 1 aromatic rings. The van der Waals surface area contributed by atoms with Gasteiger partial charge in [-0.2, -0.15) is 0 Å². The maximum absolute atomic E-state index is 11.9. The first-order valence-electron chi connectivity index (χ1n) is 5.84. The Kier molecular flexibility index (Phi) is 3.18. The highest BCUT2D eigenvalue weighted by Crippen LogP contribution is 2.32. The van der Waals surface area contributed by atoms with Crippen LogP contribution in [0.3, 0.4) is 0 Å². The highest BCUT2D eigenvalue weighted by Gasteiger charge is 2.16. The van der Waals surface area contributed by atoms with Crippen molar-refractivity contribution >= 4 is 11.5 Å². The van der Waals surface area contributed by atoms with E-state index in [2.05, 4.69) is 11.9 Å². The second-order valence-electron chi connectivity index (χ2n) is 4.54. The number of hydrogen-bond donors (Lipinski definition) is 1. The number of rotatable bonds is 2. The van der Waals surface area contributed by atoms with Crippen LogP contribution in [0.1, 0.15) is 36.2 Å². The molecule has 1 N–H and O–H groups in total. The monoisotopic (exact) mass is 231 g/mol. The van der Waals surface area contributed by atoms with Crippen molar-refractivity contribution in [2.75, 3.05) is 6.61 Å². The Morgan fingerprint density at radius 1 is 1.47 bits per heavy atom. The van der Waals surface area contributed by atoms with Crippen LogP contribution < -0.4 is 10.1 Å². The van der Waals surface area contributed by atoms with Gasteiger partial charge in [0, 0.05) is 23.6 Å². The lowest BCUT2D eigenvalue weighted by molar-refractivity contribution is 0.0943. The minimum absolute atomic E-state index is 0.0545. The number of fused-ring (bicyclic) bond motifs is 1. The van der Waals surface area contributed by atoms with Crippen LogP contribution in [-0.4, -0.2) is 18.6 Å². The fraction of sp³-hybridized carbons (Fsp3) is 0.357. The van der Waals surface area contributed by atoms with Gasteiger partial charge in [0.15, 0.2) is 0 Å². The Balaban J connectivity index is 2.29. The van der Waals surface area contributed by atoms with E-state index in [9.17, 15) is 4.79 Å². The van der Waals surface area contributed by atoms with Crippen molar-refractivity contribution in [3.8, 4) is 5.75 Å². The number of nitrogens with one attached hydrogen (secondary N) is 1. The Labute approximate surface area is 101 Å². The maximum atomic E-state index is 11.9. The average molecular weight is 231 g/mol. The summed E-state index contributed by atoms with van der Waals surface area (Å²) in [5.41, 5.74) is 2.64. The molecule has 0 aliphatic carbocycles. The molecule has 1 aromatic carbocycles. The molecular weight excluding hydrogens is 214 g/mol. The first-order chi connectivity index (χ1) is 8.08. The van der Waals surface area contributed by atoms with Crippen molar-refractivity contribution in [3.05, 3.63) is 35.9 Å². The summed E-state index contributed by atoms with van der Waals surface area (Å²) < 4.78 is 5.52. The molecular formula is C14H17NO2. The minimum atomic E-state index is -0.0545. The van der Waals surface area contributed by atoms with Crippen LogP contribution in [0, 0.1) is 0 Å². The van der Waals surface area contributed by atoms with Gasteiger partial charge in [-0.1, -0.05) is 6.58 Å². The molecule has 2 rings (SSSR count). The van der Waals surface area contributed by atoms with Gasteiger partial charge in [-0.15, -0.1) is 0 Å². The molecule has 0 fully saturated rings. The van der Waals surface area contributed by atoms with Crippen LogP contribution in [-0.2, 0) is 0 Å². The molecule has 1 amide bonds. The topological polar surface area (TPSA) is 38.3 Å². The fourth-order valence-corrected chi connectivity index (χ4v) is 1.84. The van der Waals surface area contributed by atoms with E-state index in [0.29, 0.717) is 12.2 Å². The van der Waals surface area contributed by atoms with Crippen LogP contribution >= 0.6 is 0 Å². The van der Waals surface area contributed by atoms with E-state index in [0.717, 1.165) is 23.3 Å². The summed E-state index contributed by atoms with van der Waals surface area (Å²) in [7, 11) is 0. The molecule has 0 atom stereocenters. The molecule has 1 aliphatic heterocycles. The third-order valence-corrected chi connectivity index (χ3v) is 2.70. The third-order valence-electron chi connectivity index (χ3n) is 2.70. The molecule has 0 aromatic heterocycles. The molecule has 90 valence electrons. The van der Waals surface area contributed by atoms with Crippen LogP contribution in [0.2, 0.25) is 0 Å². The molecule has 0 unspecified atom stereocenters. The van der Waals surface area contributed by atoms with E-state index in [1.165, 1.54) is 0 Å². The average Bonchev–Trinajstić information content (AvgIpc) is 2.28. The highest BCUT2D eigenvalue weighted by molar-refractivity contribution is 5.95. The quantitative estimate of drug-likeness (QED) is 0.849. The summed E-state index contributed by atoms with van der Waals surface area (Å²) in [4.78, 5) is 11.9. The molecule has 1 aliphatic rings. The van der Waals surface area contributed by atoms with Gasteiger partial charge >= 0.3 is 0 Å². The molecule has 0 spiro atoms. The van der Waals surface area contributed by atoms with Crippen molar-refractivity contribution in [2.24, 2.45) is 0 Å². The first-order valence-corrected chi connectivity index (χ1v) is 5.84. The van der Waals surface area contributed by atoms with Gasteiger partial charge in [0.1, 0.15) is 5.75 Å². The lowest BCUT2D eigenvalue weighted by atomic mass is 9.99. The summed E-state index contributed by atoms with van der Waals surface area (Å²) in [6.07, 6.45) is 0.822. The SMILES string of the molecule is C=C1CCOc2ccc(C(=O)NC(C)C)cc21. The largest absolute Gasteiger partial charge is 0.493 e. The van der Waals surface area contributed by atoms with E-state index in [-0.39, 0.29) is 11.9 Å². The standard InChI is InChI=1S/C14H17NO2/c1-9(2)15-14(16)11-4-5-13-12(8-11)10(3)6-7-17-13/h4-5,8-9H,3,6-7H2,1-2H3,(H,15,16). The summed E-state index contributed by atoms with van der Waals surface area (Å²) >= 11 is 0. The molecule has 3 heteroatoms. The second kappa shape index (κ2) is 4.62. The number of benzene rings is 1. The van der Waals surface area contributed by atoms with Crippen molar-refractivity contribution in [3.63, 3.8) is 0 Å². The molecule has 1 heterocycles. The van der Waals surface area contributed by atoms with Crippen LogP contribution in [0.5, 0.6) is 5.75 Å². The second-order valence-corrected chi connectivity index (χ2v) is 4.54. The lowest BCUT2D eigenvalue weighted by Gasteiger charge is -2.20. The Bertz CT molecular complexity index is 463. The summed E-state index contributed by atoms with van der Waals surface area (Å²) in [6, 6.07) is 5.62. The zero-order valence-corrected chi connectivity index (χ0v) is 10.2. The molecule has 3 nitrogen and oxygen atoms in total. The number of ether oxygens (including phenoxy) is 1. The van der Waals surface area contributed by atoms with E-state index in [4.69, 9.17) is 4.74 Å². The Morgan fingerprint density at radius 2 is 2.24 bits per heavy atom. The van der Waals surface area contributed by atoms with Crippen molar-refractivity contribution in [1.29, 1.82) is 0 Å². The van der Waals surface area contributed by atoms with E-state index >= 15 is 0 Å². The van der Waals surface area contributed by atoms with Crippen molar-refractivity contribution in [1.82, 2.24) is 5.32 Å². The summed E-state index contributed by atoms with van der Waals surface area (Å²) in [6.45, 7) is 8.56. The number of carbonyl (C=O) groups is 1. The lowest BCUT2D eigenvalue weighted by Crippen LogP contribution is -2.30. The molecule has 0 bridgehead atoms. The maximum Gasteiger partial charge on any atom is 0.251 e. The fourth-order valence-electron chi connectivity index (χ4n) is 1.84. The number of carbonyl (C=O) groups excluding carboxylic acids is 1. The normalized spacial score (nSPS) is 14.2. The predicted octanol–water partition coefficient (Wildman–Crippen LogP) is 2.62. The van der Waals surface area contributed by atoms with Gasteiger partial charge in [0.2, 0.25) is 0 Å². The van der Waals surface area contributed by atoms with Gasteiger partial charge in [0.25, 0.3) is 5.91 Å². The molecule has 0 radical (unpaired) electrons. The van der Waals surface area contributed by atoms with Gasteiger partial charge in [-0.3, -0.25) is 4.79 Å². The van der Waals surface area contributed by atoms with Crippen molar-refractivity contribution in [2.45, 2.75) is 26.3 Å². The summed E-state index contributed by atoms with van der Waals surface area (Å²) in [5.74, 6) is 0.767. The first kappa shape index (κ1) is 11.7. The van der Waals surface area contributed by atoms with Crippen LogP contribution in [0.25, 0.3) is 5.57 Å². The van der Waals surface area contributed by atoms with E-state index in [1.807, 2.05) is 26.0 Å². The number of hydrogen-bond acceptors (Lipinski definition) is 2. The summed E-state index contributed by atoms with van der Waals surface area (Å²) in [5, 5.41) is 2.87. The van der Waals surface area contributed by atoms with Gasteiger partial charge in [-0.05, 0) is 37.6 Å². The van der Waals surface area contributed by atoms with E-state index < -0.39 is 0 Å². The zero-order chi connectivity index (χ0) is 12.4. The molecule has 0 saturated carbocycles.